The molecule has 0 unspecified atom stereocenters. The maximum absolute atomic E-state index is 10.6. The van der Waals surface area contributed by atoms with Crippen LogP contribution in [-0.2, 0) is 6.42 Å². The molecule has 1 rings (SSSR count). The molecule has 0 N–H and O–H groups in total. The fraction of sp³-hybridized carbons (Fsp3) is 0.182. The van der Waals surface area contributed by atoms with E-state index < -0.39 is 5.43 Å². The summed E-state index contributed by atoms with van der Waals surface area (Å²) in [5, 5.41) is 0. The van der Waals surface area contributed by atoms with E-state index >= 15 is 0 Å². The van der Waals surface area contributed by atoms with Crippen LogP contribution in [0.2, 0.25) is 0 Å². The molecule has 0 amide bonds. The summed E-state index contributed by atoms with van der Waals surface area (Å²) in [5.41, 5.74) is 0.140. The first kappa shape index (κ1) is 11.6. The van der Waals surface area contributed by atoms with Crippen molar-refractivity contribution in [2.75, 3.05) is 7.11 Å². The van der Waals surface area contributed by atoms with E-state index in [9.17, 15) is 4.79 Å². The number of methoxy groups -OCH3 is 1. The van der Waals surface area contributed by atoms with Crippen molar-refractivity contribution in [1.82, 2.24) is 0 Å². The predicted molar refractivity (Wildman–Crippen MR) is 58.8 cm³/mol. The molecule has 0 radical (unpaired) electrons. The first-order valence-corrected chi connectivity index (χ1v) is 4.70. The standard InChI is InChI=1S/C11H11ClO3/c1-3-4-8-5-6-9(15-11(12)13)10(7-8)14-2/h3,5-7H,1,4H2,2H3. The van der Waals surface area contributed by atoms with E-state index in [1.807, 2.05) is 6.07 Å². The van der Waals surface area contributed by atoms with Crippen LogP contribution in [0.15, 0.2) is 30.9 Å². The van der Waals surface area contributed by atoms with Crippen molar-refractivity contribution < 1.29 is 14.3 Å². The van der Waals surface area contributed by atoms with Gasteiger partial charge in [-0.15, -0.1) is 6.58 Å². The first-order chi connectivity index (χ1) is 7.17. The second kappa shape index (κ2) is 5.41. The quantitative estimate of drug-likeness (QED) is 0.584. The lowest BCUT2D eigenvalue weighted by molar-refractivity contribution is 0.223. The van der Waals surface area contributed by atoms with Gasteiger partial charge in [-0.05, 0) is 24.1 Å². The van der Waals surface area contributed by atoms with Crippen LogP contribution in [-0.4, -0.2) is 12.5 Å². The zero-order chi connectivity index (χ0) is 11.3. The maximum Gasteiger partial charge on any atom is 0.409 e. The molecular formula is C11H11ClO3. The number of benzene rings is 1. The Labute approximate surface area is 93.3 Å². The number of hydrogen-bond acceptors (Lipinski definition) is 3. The second-order valence-electron chi connectivity index (χ2n) is 2.82. The molecule has 0 saturated carbocycles. The van der Waals surface area contributed by atoms with Crippen LogP contribution in [0.1, 0.15) is 5.56 Å². The maximum atomic E-state index is 10.6. The van der Waals surface area contributed by atoms with E-state index in [0.717, 1.165) is 12.0 Å². The SMILES string of the molecule is C=CCc1ccc(OC(=O)Cl)c(OC)c1. The molecule has 1 aromatic carbocycles. The Kier molecular flexibility index (Phi) is 4.18. The molecule has 0 aliphatic carbocycles. The Morgan fingerprint density at radius 2 is 2.27 bits per heavy atom. The van der Waals surface area contributed by atoms with Gasteiger partial charge in [-0.3, -0.25) is 0 Å². The molecule has 0 spiro atoms. The molecule has 80 valence electrons. The van der Waals surface area contributed by atoms with Gasteiger partial charge < -0.3 is 9.47 Å². The van der Waals surface area contributed by atoms with Crippen LogP contribution in [0.25, 0.3) is 0 Å². The molecule has 0 aliphatic heterocycles. The molecule has 4 heteroatoms. The topological polar surface area (TPSA) is 35.5 Å². The van der Waals surface area contributed by atoms with Gasteiger partial charge in [-0.2, -0.15) is 0 Å². The van der Waals surface area contributed by atoms with Crippen molar-refractivity contribution in [3.8, 4) is 11.5 Å². The summed E-state index contributed by atoms with van der Waals surface area (Å²) >= 11 is 5.11. The third-order valence-corrected chi connectivity index (χ3v) is 1.88. The molecule has 0 heterocycles. The molecule has 0 atom stereocenters. The number of halogens is 1. The number of allylic oxidation sites excluding steroid dienone is 1. The third-order valence-electron chi connectivity index (χ3n) is 1.80. The second-order valence-corrected chi connectivity index (χ2v) is 3.13. The van der Waals surface area contributed by atoms with Crippen LogP contribution in [0.4, 0.5) is 4.79 Å². The van der Waals surface area contributed by atoms with Gasteiger partial charge in [-0.25, -0.2) is 4.79 Å². The van der Waals surface area contributed by atoms with Crippen LogP contribution in [0.3, 0.4) is 0 Å². The highest BCUT2D eigenvalue weighted by Crippen LogP contribution is 2.28. The number of ether oxygens (including phenoxy) is 2. The summed E-state index contributed by atoms with van der Waals surface area (Å²) in [7, 11) is 1.50. The average molecular weight is 227 g/mol. The van der Waals surface area contributed by atoms with Gasteiger partial charge in [0.05, 0.1) is 7.11 Å². The molecule has 0 fully saturated rings. The smallest absolute Gasteiger partial charge is 0.409 e. The molecule has 1 aromatic rings. The molecule has 0 bridgehead atoms. The molecule has 0 aromatic heterocycles. The molecule has 0 aliphatic rings. The Bertz CT molecular complexity index is 374. The Balaban J connectivity index is 2.97. The van der Waals surface area contributed by atoms with Crippen molar-refractivity contribution in [1.29, 1.82) is 0 Å². The Morgan fingerprint density at radius 3 is 2.80 bits per heavy atom. The van der Waals surface area contributed by atoms with Crippen molar-refractivity contribution in [2.24, 2.45) is 0 Å². The number of hydrogen-bond donors (Lipinski definition) is 0. The van der Waals surface area contributed by atoms with Gasteiger partial charge in [0.2, 0.25) is 0 Å². The van der Waals surface area contributed by atoms with E-state index in [-0.39, 0.29) is 0 Å². The van der Waals surface area contributed by atoms with E-state index in [2.05, 4.69) is 6.58 Å². The van der Waals surface area contributed by atoms with Gasteiger partial charge in [0.1, 0.15) is 0 Å². The average Bonchev–Trinajstić information content (AvgIpc) is 2.20. The lowest BCUT2D eigenvalue weighted by Gasteiger charge is -2.08. The number of carbonyl (C=O) groups is 1. The van der Waals surface area contributed by atoms with Crippen LogP contribution < -0.4 is 9.47 Å². The number of carbonyl (C=O) groups excluding carboxylic acids is 1. The lowest BCUT2D eigenvalue weighted by Crippen LogP contribution is -1.99. The minimum Gasteiger partial charge on any atom is -0.493 e. The molecular weight excluding hydrogens is 216 g/mol. The van der Waals surface area contributed by atoms with Crippen molar-refractivity contribution in [3.63, 3.8) is 0 Å². The largest absolute Gasteiger partial charge is 0.493 e. The highest BCUT2D eigenvalue weighted by Gasteiger charge is 2.08. The van der Waals surface area contributed by atoms with Gasteiger partial charge in [0, 0.05) is 11.6 Å². The fourth-order valence-corrected chi connectivity index (χ4v) is 1.26. The summed E-state index contributed by atoms with van der Waals surface area (Å²) in [5.74, 6) is 0.786. The predicted octanol–water partition coefficient (Wildman–Crippen LogP) is 3.16. The van der Waals surface area contributed by atoms with Crippen molar-refractivity contribution in [2.45, 2.75) is 6.42 Å². The van der Waals surface area contributed by atoms with E-state index in [1.165, 1.54) is 7.11 Å². The highest BCUT2D eigenvalue weighted by atomic mass is 35.5. The van der Waals surface area contributed by atoms with E-state index in [1.54, 1.807) is 18.2 Å². The summed E-state index contributed by atoms with van der Waals surface area (Å²) < 4.78 is 9.81. The van der Waals surface area contributed by atoms with Crippen LogP contribution in [0.5, 0.6) is 11.5 Å². The minimum atomic E-state index is -0.884. The van der Waals surface area contributed by atoms with Gasteiger partial charge in [-0.1, -0.05) is 12.1 Å². The summed E-state index contributed by atoms with van der Waals surface area (Å²) in [6.45, 7) is 3.63. The van der Waals surface area contributed by atoms with Gasteiger partial charge in [0.15, 0.2) is 11.5 Å². The molecule has 15 heavy (non-hydrogen) atoms. The monoisotopic (exact) mass is 226 g/mol. The van der Waals surface area contributed by atoms with Gasteiger partial charge in [0.25, 0.3) is 0 Å². The van der Waals surface area contributed by atoms with E-state index in [4.69, 9.17) is 21.1 Å². The number of rotatable bonds is 4. The summed E-state index contributed by atoms with van der Waals surface area (Å²) in [6.07, 6.45) is 2.51. The van der Waals surface area contributed by atoms with Crippen molar-refractivity contribution >= 4 is 17.0 Å². The fourth-order valence-electron chi connectivity index (χ4n) is 1.18. The minimum absolute atomic E-state index is 0.310. The summed E-state index contributed by atoms with van der Waals surface area (Å²) in [6, 6.07) is 5.23. The van der Waals surface area contributed by atoms with Gasteiger partial charge >= 0.3 is 5.43 Å². The highest BCUT2D eigenvalue weighted by molar-refractivity contribution is 6.61. The van der Waals surface area contributed by atoms with Crippen LogP contribution in [0, 0.1) is 0 Å². The Morgan fingerprint density at radius 1 is 1.53 bits per heavy atom. The first-order valence-electron chi connectivity index (χ1n) is 4.32. The normalized spacial score (nSPS) is 9.47. The van der Waals surface area contributed by atoms with E-state index in [0.29, 0.717) is 11.5 Å². The Hall–Kier alpha value is -1.48. The zero-order valence-corrected chi connectivity index (χ0v) is 9.08. The van der Waals surface area contributed by atoms with Crippen molar-refractivity contribution in [3.05, 3.63) is 36.4 Å². The van der Waals surface area contributed by atoms with Crippen LogP contribution >= 0.6 is 11.6 Å². The molecule has 3 nitrogen and oxygen atoms in total. The third kappa shape index (κ3) is 3.29. The molecule has 0 saturated heterocycles. The summed E-state index contributed by atoms with van der Waals surface area (Å²) in [4.78, 5) is 10.6. The lowest BCUT2D eigenvalue weighted by atomic mass is 10.1. The zero-order valence-electron chi connectivity index (χ0n) is 8.33.